The van der Waals surface area contributed by atoms with E-state index in [1.807, 2.05) is 39.8 Å². The molecule has 4 unspecified atom stereocenters. The average molecular weight is 341 g/mol. The molecule has 1 aromatic carbocycles. The van der Waals surface area contributed by atoms with Gasteiger partial charge in [0.05, 0.1) is 29.5 Å². The Kier molecular flexibility index (Phi) is 4.39. The van der Waals surface area contributed by atoms with E-state index in [9.17, 15) is 4.79 Å². The summed E-state index contributed by atoms with van der Waals surface area (Å²) in [6.07, 6.45) is 0.0185. The molecule has 2 rings (SSSR count). The molecule has 0 radical (unpaired) electrons. The molecule has 0 aliphatic carbocycles. The van der Waals surface area contributed by atoms with Crippen LogP contribution in [0.25, 0.3) is 0 Å². The van der Waals surface area contributed by atoms with Crippen LogP contribution in [-0.4, -0.2) is 18.1 Å². The quantitative estimate of drug-likeness (QED) is 0.811. The number of hydrogen-bond acceptors (Lipinski definition) is 3. The summed E-state index contributed by atoms with van der Waals surface area (Å²) >= 11 is 3.45. The van der Waals surface area contributed by atoms with Crippen LogP contribution >= 0.6 is 15.9 Å². The summed E-state index contributed by atoms with van der Waals surface area (Å²) in [6, 6.07) is 3.79. The van der Waals surface area contributed by atoms with E-state index >= 15 is 0 Å². The normalized spacial score (nSPS) is 29.4. The second-order valence-corrected chi connectivity index (χ2v) is 6.49. The Balaban J connectivity index is 2.21. The smallest absolute Gasteiger partial charge is 0.230 e. The van der Waals surface area contributed by atoms with Crippen molar-refractivity contribution in [2.24, 2.45) is 11.8 Å². The van der Waals surface area contributed by atoms with Crippen LogP contribution in [0.4, 0.5) is 11.4 Å². The lowest BCUT2D eigenvalue weighted by Crippen LogP contribution is -2.32. The first-order valence-electron chi connectivity index (χ1n) is 6.83. The van der Waals surface area contributed by atoms with Gasteiger partial charge in [-0.1, -0.05) is 6.92 Å². The zero-order valence-electron chi connectivity index (χ0n) is 12.2. The van der Waals surface area contributed by atoms with E-state index in [1.165, 1.54) is 0 Å². The van der Waals surface area contributed by atoms with E-state index in [2.05, 4.69) is 21.2 Å². The van der Waals surface area contributed by atoms with Gasteiger partial charge in [-0.2, -0.15) is 0 Å². The maximum atomic E-state index is 12.5. The fourth-order valence-corrected chi connectivity index (χ4v) is 3.52. The van der Waals surface area contributed by atoms with E-state index in [4.69, 9.17) is 10.5 Å². The Morgan fingerprint density at radius 1 is 1.30 bits per heavy atom. The van der Waals surface area contributed by atoms with Gasteiger partial charge in [-0.15, -0.1) is 0 Å². The van der Waals surface area contributed by atoms with Gasteiger partial charge in [-0.3, -0.25) is 4.79 Å². The number of rotatable bonds is 2. The summed E-state index contributed by atoms with van der Waals surface area (Å²) in [5.41, 5.74) is 8.24. The number of carbonyl (C=O) groups excluding carboxylic acids is 1. The summed E-state index contributed by atoms with van der Waals surface area (Å²) in [4.78, 5) is 12.5. The minimum Gasteiger partial charge on any atom is -0.397 e. The van der Waals surface area contributed by atoms with Crippen molar-refractivity contribution in [3.8, 4) is 0 Å². The largest absolute Gasteiger partial charge is 0.397 e. The summed E-state index contributed by atoms with van der Waals surface area (Å²) in [5.74, 6) is -0.00125. The Bertz CT molecular complexity index is 510. The van der Waals surface area contributed by atoms with Crippen molar-refractivity contribution in [1.82, 2.24) is 0 Å². The van der Waals surface area contributed by atoms with Gasteiger partial charge in [0, 0.05) is 4.47 Å². The monoisotopic (exact) mass is 340 g/mol. The van der Waals surface area contributed by atoms with Gasteiger partial charge in [0.15, 0.2) is 0 Å². The van der Waals surface area contributed by atoms with Crippen molar-refractivity contribution >= 4 is 33.2 Å². The average Bonchev–Trinajstić information content (AvgIpc) is 2.58. The molecule has 0 bridgehead atoms. The Labute approximate surface area is 128 Å². The lowest BCUT2D eigenvalue weighted by atomic mass is 9.89. The number of nitrogen functional groups attached to an aromatic ring is 1. The molecule has 20 heavy (non-hydrogen) atoms. The van der Waals surface area contributed by atoms with E-state index < -0.39 is 0 Å². The molecule has 0 aromatic heterocycles. The van der Waals surface area contributed by atoms with E-state index in [0.717, 1.165) is 10.0 Å². The predicted octanol–water partition coefficient (Wildman–Crippen LogP) is 3.34. The van der Waals surface area contributed by atoms with Gasteiger partial charge in [-0.05, 0) is 60.3 Å². The first kappa shape index (κ1) is 15.3. The van der Waals surface area contributed by atoms with Gasteiger partial charge < -0.3 is 15.8 Å². The van der Waals surface area contributed by atoms with Crippen molar-refractivity contribution in [3.63, 3.8) is 0 Å². The van der Waals surface area contributed by atoms with Gasteiger partial charge in [0.1, 0.15) is 0 Å². The van der Waals surface area contributed by atoms with Crippen LogP contribution in [0.15, 0.2) is 16.6 Å². The van der Waals surface area contributed by atoms with Crippen LogP contribution in [0.5, 0.6) is 0 Å². The molecule has 5 heteroatoms. The zero-order valence-corrected chi connectivity index (χ0v) is 13.8. The number of nitrogens with two attached hydrogens (primary N) is 1. The molecule has 1 heterocycles. The van der Waals surface area contributed by atoms with Gasteiger partial charge in [0.2, 0.25) is 5.91 Å². The number of amides is 1. The van der Waals surface area contributed by atoms with Crippen LogP contribution in [0.1, 0.15) is 26.3 Å². The SMILES string of the molecule is Cc1cc(N)c(NC(=O)C2C(C)OC(C)C2C)c(Br)c1. The Morgan fingerprint density at radius 2 is 1.95 bits per heavy atom. The minimum atomic E-state index is -0.155. The standard InChI is InChI=1S/C15H21BrN2O2/c1-7-5-11(16)14(12(17)6-7)18-15(19)13-8(2)9(3)20-10(13)4/h5-6,8-10,13H,17H2,1-4H3,(H,18,19). The number of hydrogen-bond donors (Lipinski definition) is 2. The number of halogens is 1. The van der Waals surface area contributed by atoms with Gasteiger partial charge >= 0.3 is 0 Å². The minimum absolute atomic E-state index is 0.0365. The molecular weight excluding hydrogens is 320 g/mol. The molecule has 0 spiro atoms. The number of benzene rings is 1. The topological polar surface area (TPSA) is 64.3 Å². The van der Waals surface area contributed by atoms with Crippen molar-refractivity contribution < 1.29 is 9.53 Å². The number of ether oxygens (including phenoxy) is 1. The molecule has 1 aromatic rings. The molecule has 4 atom stereocenters. The van der Waals surface area contributed by atoms with Crippen LogP contribution in [0.3, 0.4) is 0 Å². The lowest BCUT2D eigenvalue weighted by molar-refractivity contribution is -0.121. The van der Waals surface area contributed by atoms with Gasteiger partial charge in [0.25, 0.3) is 0 Å². The fraction of sp³-hybridized carbons (Fsp3) is 0.533. The molecule has 1 saturated heterocycles. The highest BCUT2D eigenvalue weighted by Gasteiger charge is 2.41. The van der Waals surface area contributed by atoms with Crippen molar-refractivity contribution in [1.29, 1.82) is 0 Å². The number of aryl methyl sites for hydroxylation is 1. The molecular formula is C15H21BrN2O2. The third-order valence-corrected chi connectivity index (χ3v) is 4.68. The molecule has 1 amide bonds. The summed E-state index contributed by atoms with van der Waals surface area (Å²) < 4.78 is 6.52. The fourth-order valence-electron chi connectivity index (χ4n) is 2.83. The Hall–Kier alpha value is -1.07. The van der Waals surface area contributed by atoms with E-state index in [0.29, 0.717) is 11.4 Å². The summed E-state index contributed by atoms with van der Waals surface area (Å²) in [7, 11) is 0. The van der Waals surface area contributed by atoms with Crippen molar-refractivity contribution in [2.45, 2.75) is 39.9 Å². The molecule has 4 nitrogen and oxygen atoms in total. The zero-order chi connectivity index (χ0) is 15.0. The highest BCUT2D eigenvalue weighted by Crippen LogP contribution is 2.35. The van der Waals surface area contributed by atoms with Gasteiger partial charge in [-0.25, -0.2) is 0 Å². The second-order valence-electron chi connectivity index (χ2n) is 5.63. The maximum absolute atomic E-state index is 12.5. The number of carbonyl (C=O) groups is 1. The first-order chi connectivity index (χ1) is 9.31. The third-order valence-electron chi connectivity index (χ3n) is 4.06. The molecule has 1 aliphatic heterocycles. The number of nitrogens with one attached hydrogen (secondary N) is 1. The molecule has 1 fully saturated rings. The van der Waals surface area contributed by atoms with Crippen LogP contribution in [0.2, 0.25) is 0 Å². The summed E-state index contributed by atoms with van der Waals surface area (Å²) in [6.45, 7) is 7.96. The maximum Gasteiger partial charge on any atom is 0.230 e. The Morgan fingerprint density at radius 3 is 2.45 bits per heavy atom. The van der Waals surface area contributed by atoms with Crippen molar-refractivity contribution in [3.05, 3.63) is 22.2 Å². The van der Waals surface area contributed by atoms with E-state index in [1.54, 1.807) is 0 Å². The van der Waals surface area contributed by atoms with Crippen molar-refractivity contribution in [2.75, 3.05) is 11.1 Å². The van der Waals surface area contributed by atoms with E-state index in [-0.39, 0.29) is 30.0 Å². The lowest BCUT2D eigenvalue weighted by Gasteiger charge is -2.19. The molecule has 3 N–H and O–H groups in total. The number of anilines is 2. The first-order valence-corrected chi connectivity index (χ1v) is 7.62. The predicted molar refractivity (Wildman–Crippen MR) is 84.6 cm³/mol. The highest BCUT2D eigenvalue weighted by atomic mass is 79.9. The summed E-state index contributed by atoms with van der Waals surface area (Å²) in [5, 5.41) is 2.94. The van der Waals surface area contributed by atoms with Crippen LogP contribution < -0.4 is 11.1 Å². The second kappa shape index (κ2) is 5.74. The molecule has 110 valence electrons. The van der Waals surface area contributed by atoms with Crippen LogP contribution in [0, 0.1) is 18.8 Å². The molecule has 0 saturated carbocycles. The molecule has 1 aliphatic rings. The third kappa shape index (κ3) is 2.83. The highest BCUT2D eigenvalue weighted by molar-refractivity contribution is 9.10. The van der Waals surface area contributed by atoms with Crippen LogP contribution in [-0.2, 0) is 9.53 Å².